The van der Waals surface area contributed by atoms with Crippen LogP contribution in [0.15, 0.2) is 6.33 Å². The van der Waals surface area contributed by atoms with Crippen molar-refractivity contribution in [3.63, 3.8) is 0 Å². The summed E-state index contributed by atoms with van der Waals surface area (Å²) >= 11 is 0. The molecule has 40 heavy (non-hydrogen) atoms. The summed E-state index contributed by atoms with van der Waals surface area (Å²) in [5, 5.41) is 24.0. The van der Waals surface area contributed by atoms with E-state index in [4.69, 9.17) is 10.5 Å². The molecule has 0 amide bonds. The summed E-state index contributed by atoms with van der Waals surface area (Å²) in [6.45, 7) is 1.39. The van der Waals surface area contributed by atoms with Crippen molar-refractivity contribution in [3.05, 3.63) is 6.33 Å². The smallest absolute Gasteiger partial charge is 0.753 e. The van der Waals surface area contributed by atoms with Crippen LogP contribution in [0.2, 0.25) is 0 Å². The molecule has 0 radical (unpaired) electrons. The van der Waals surface area contributed by atoms with Gasteiger partial charge < -0.3 is 50.5 Å². The van der Waals surface area contributed by atoms with Crippen LogP contribution in [-0.2, 0) is 27.0 Å². The molecule has 0 aliphatic carbocycles. The van der Waals surface area contributed by atoms with Gasteiger partial charge >= 0.3 is 134 Å². The molecule has 6 unspecified atom stereocenters. The summed E-state index contributed by atoms with van der Waals surface area (Å²) in [7, 11) is -17.8. The van der Waals surface area contributed by atoms with E-state index in [1.807, 2.05) is 6.92 Å². The van der Waals surface area contributed by atoms with Gasteiger partial charge in [-0.15, -0.1) is 0 Å². The van der Waals surface area contributed by atoms with Crippen molar-refractivity contribution in [2.45, 2.75) is 44.3 Å². The quantitative estimate of drug-likeness (QED) is 0.0797. The molecule has 19 nitrogen and oxygen atoms in total. The van der Waals surface area contributed by atoms with Crippen LogP contribution in [-0.4, -0.2) is 66.1 Å². The fourth-order valence-electron chi connectivity index (χ4n) is 3.20. The Morgan fingerprint density at radius 1 is 1.18 bits per heavy atom. The molecule has 1 saturated heterocycles. The minimum Gasteiger partial charge on any atom is -0.753 e. The summed E-state index contributed by atoms with van der Waals surface area (Å²) in [6, 6.07) is 0. The zero-order valence-corrected chi connectivity index (χ0v) is 33.0. The summed E-state index contributed by atoms with van der Waals surface area (Å²) in [5.41, 5.74) is 6.14. The number of phosphoric acid groups is 3. The first-order chi connectivity index (χ1) is 16.6. The van der Waals surface area contributed by atoms with Gasteiger partial charge in [0, 0.05) is 14.7 Å². The van der Waals surface area contributed by atoms with Gasteiger partial charge in [0.15, 0.2) is 23.2 Å². The number of imidazole rings is 1. The first kappa shape index (κ1) is 44.7. The number of unbranched alkanes of at least 4 members (excludes halogenated alkanes) is 1. The van der Waals surface area contributed by atoms with Gasteiger partial charge in [0.2, 0.25) is 5.95 Å². The second kappa shape index (κ2) is 18.7. The van der Waals surface area contributed by atoms with Gasteiger partial charge in [-0.2, -0.15) is 4.31 Å². The third-order valence-corrected chi connectivity index (χ3v) is 8.42. The monoisotopic (exact) mass is 667 g/mol. The van der Waals surface area contributed by atoms with Crippen molar-refractivity contribution in [1.29, 1.82) is 0 Å². The third kappa shape index (κ3) is 12.4. The number of aliphatic hydroxyl groups is 2. The number of ether oxygens (including phenoxy) is 1. The van der Waals surface area contributed by atoms with E-state index >= 15 is 0 Å². The van der Waals surface area contributed by atoms with Crippen LogP contribution in [0.25, 0.3) is 11.2 Å². The number of nitrogens with zero attached hydrogens (tertiary/aromatic N) is 4. The van der Waals surface area contributed by atoms with Crippen molar-refractivity contribution < 1.29 is 180 Å². The Balaban J connectivity index is 0. The fraction of sp³-hybridized carbons (Fsp3) is 0.643. The molecule has 0 spiro atoms. The Morgan fingerprint density at radius 3 is 2.38 bits per heavy atom. The van der Waals surface area contributed by atoms with Crippen molar-refractivity contribution in [3.8, 4) is 0 Å². The van der Waals surface area contributed by atoms with E-state index in [0.29, 0.717) is 6.54 Å². The molecule has 0 saturated carbocycles. The van der Waals surface area contributed by atoms with Crippen LogP contribution in [0, 0.1) is 0 Å². The first-order valence-electron chi connectivity index (χ1n) is 10.1. The largest absolute Gasteiger partial charge is 1.00 e. The minimum absolute atomic E-state index is 0. The zero-order chi connectivity index (χ0) is 26.9. The average molecular weight is 667 g/mol. The van der Waals surface area contributed by atoms with Gasteiger partial charge in [-0.1, -0.05) is 13.3 Å². The van der Waals surface area contributed by atoms with E-state index < -0.39 is 55.0 Å². The zero-order valence-electron chi connectivity index (χ0n) is 22.3. The molecule has 2 aromatic heterocycles. The van der Waals surface area contributed by atoms with Gasteiger partial charge in [0.1, 0.15) is 24.6 Å². The predicted molar refractivity (Wildman–Crippen MR) is 112 cm³/mol. The number of aromatic nitrogens is 4. The maximum atomic E-state index is 11.9. The van der Waals surface area contributed by atoms with Crippen LogP contribution in [0.1, 0.15) is 26.0 Å². The predicted octanol–water partition coefficient (Wildman–Crippen LogP) is -15.4. The SMILES string of the molecule is CCCCNc1nc2c(N)ncnc2n1C1OC(COP(=O)(O)OP(=O)([O-])O[P+]([O-])([O-])[O-])C(O)C1O.[Na+].[Na+].[Na+].[Na+]. The maximum Gasteiger partial charge on any atom is 1.00 e. The van der Waals surface area contributed by atoms with Crippen molar-refractivity contribution in [2.75, 3.05) is 24.2 Å². The Hall–Kier alpha value is 2.60. The Morgan fingerprint density at radius 2 is 1.80 bits per heavy atom. The van der Waals surface area contributed by atoms with Gasteiger partial charge in [-0.05, 0) is 6.42 Å². The fourth-order valence-corrected chi connectivity index (χ4v) is 6.11. The molecule has 3 heterocycles. The van der Waals surface area contributed by atoms with Gasteiger partial charge in [0.05, 0.1) is 6.61 Å². The molecule has 0 bridgehead atoms. The number of nitrogen functional groups attached to an aromatic ring is 1. The molecule has 1 fully saturated rings. The molecule has 0 aromatic carbocycles. The van der Waals surface area contributed by atoms with Crippen molar-refractivity contribution in [1.82, 2.24) is 19.5 Å². The third-order valence-electron chi connectivity index (χ3n) is 4.72. The molecule has 1 aliphatic heterocycles. The number of nitrogens with one attached hydrogen (secondary N) is 1. The number of aliphatic hydroxyl groups excluding tert-OH is 2. The van der Waals surface area contributed by atoms with Gasteiger partial charge in [-0.3, -0.25) is 13.7 Å². The molecule has 6 atom stereocenters. The van der Waals surface area contributed by atoms with E-state index in [1.165, 1.54) is 4.57 Å². The molecule has 204 valence electrons. The Bertz CT molecular complexity index is 1180. The minimum atomic E-state index is -6.13. The van der Waals surface area contributed by atoms with Crippen molar-refractivity contribution >= 4 is 46.7 Å². The summed E-state index contributed by atoms with van der Waals surface area (Å²) in [4.78, 5) is 64.4. The number of hydrogen-bond acceptors (Lipinski definition) is 17. The second-order valence-electron chi connectivity index (χ2n) is 7.39. The van der Waals surface area contributed by atoms with E-state index in [2.05, 4.69) is 33.4 Å². The van der Waals surface area contributed by atoms with Crippen molar-refractivity contribution in [2.24, 2.45) is 0 Å². The maximum absolute atomic E-state index is 11.9. The number of fused-ring (bicyclic) bond motifs is 1. The molecule has 6 N–H and O–H groups in total. The number of anilines is 2. The molecule has 26 heteroatoms. The number of rotatable bonds is 12. The molecule has 3 rings (SSSR count). The van der Waals surface area contributed by atoms with Crippen LogP contribution >= 0.6 is 23.8 Å². The molecule has 2 aromatic rings. The van der Waals surface area contributed by atoms with Gasteiger partial charge in [0.25, 0.3) is 0 Å². The van der Waals surface area contributed by atoms with E-state index in [9.17, 15) is 43.8 Å². The topological polar surface area (TPSA) is 306 Å². The molecular weight excluding hydrogens is 645 g/mol. The molecule has 1 aliphatic rings. The Labute approximate surface area is 317 Å². The van der Waals surface area contributed by atoms with E-state index in [1.54, 1.807) is 0 Å². The normalized spacial score (nSPS) is 23.5. The average Bonchev–Trinajstić information content (AvgIpc) is 3.22. The van der Waals surface area contributed by atoms with Crippen LogP contribution in [0.5, 0.6) is 0 Å². The van der Waals surface area contributed by atoms with E-state index in [0.717, 1.165) is 19.2 Å². The first-order valence-corrected chi connectivity index (χ1v) is 14.5. The second-order valence-corrected chi connectivity index (χ2v) is 11.7. The Kier molecular flexibility index (Phi) is 20.9. The summed E-state index contributed by atoms with van der Waals surface area (Å²) < 4.78 is 41.2. The number of nitrogens with two attached hydrogens (primary N) is 1. The summed E-state index contributed by atoms with van der Waals surface area (Å²) in [5.74, 6) is 0.178. The van der Waals surface area contributed by atoms with Crippen LogP contribution in [0.4, 0.5) is 11.8 Å². The van der Waals surface area contributed by atoms with Crippen LogP contribution in [0.3, 0.4) is 0 Å². The van der Waals surface area contributed by atoms with E-state index in [-0.39, 0.29) is 141 Å². The standard InChI is InChI=1S/C14H25N6O13P3.4Na/c1-2-3-4-16-14-19-8-11(15)17-6-18-12(8)20(14)13-10(22)9(21)7(31-13)5-30-35(26,27)33-36(28,29)32-34(23,24)25;;;;/h6-7,9-10,13,21-22H,2-5H2,1H3,(H,16,19)(H,26,27)(H,28,29)(H2,15,17,18)(H2,23,24,25);;;;/q;4*+1/p-3. The number of hydrogen-bond donors (Lipinski definition) is 5. The van der Waals surface area contributed by atoms with Crippen LogP contribution < -0.4 is 149 Å². The molecular formula is C14H22N6Na4O13P3+. The summed E-state index contributed by atoms with van der Waals surface area (Å²) in [6.07, 6.45) is -3.59. The van der Waals surface area contributed by atoms with Gasteiger partial charge in [-0.25, -0.2) is 23.8 Å². The number of phosphoric ester groups is 1.